The zero-order valence-electron chi connectivity index (χ0n) is 26.5. The van der Waals surface area contributed by atoms with Gasteiger partial charge in [0.2, 0.25) is 0 Å². The predicted molar refractivity (Wildman–Crippen MR) is 203 cm³/mol. The lowest BCUT2D eigenvalue weighted by atomic mass is 9.98. The third kappa shape index (κ3) is 4.13. The lowest BCUT2D eigenvalue weighted by molar-refractivity contribution is 0.889. The number of hydrogen-bond acceptors (Lipinski definition) is 0. The van der Waals surface area contributed by atoms with E-state index in [1.807, 2.05) is 0 Å². The van der Waals surface area contributed by atoms with Gasteiger partial charge in [0.05, 0.1) is 16.6 Å². The molecule has 2 aromatic heterocycles. The summed E-state index contributed by atoms with van der Waals surface area (Å²) in [7, 11) is 0. The molecule has 0 amide bonds. The largest absolute Gasteiger partial charge is 0.313 e. The van der Waals surface area contributed by atoms with Crippen LogP contribution >= 0.6 is 0 Å². The van der Waals surface area contributed by atoms with Gasteiger partial charge in [0.1, 0.15) is 0 Å². The van der Waals surface area contributed by atoms with Gasteiger partial charge in [-0.15, -0.1) is 0 Å². The van der Waals surface area contributed by atoms with Gasteiger partial charge in [-0.2, -0.15) is 0 Å². The molecule has 0 radical (unpaired) electrons. The highest BCUT2D eigenvalue weighted by molar-refractivity contribution is 6.15. The molecule has 1 aliphatic carbocycles. The fraction of sp³-hybridized carbons (Fsp3) is 0.0435. The van der Waals surface area contributed by atoms with Crippen LogP contribution in [-0.4, -0.2) is 9.13 Å². The van der Waals surface area contributed by atoms with E-state index >= 15 is 0 Å². The summed E-state index contributed by atoms with van der Waals surface area (Å²) in [4.78, 5) is 0. The Morgan fingerprint density at radius 1 is 0.417 bits per heavy atom. The second kappa shape index (κ2) is 10.7. The average Bonchev–Trinajstić information content (AvgIpc) is 3.66. The minimum absolute atomic E-state index is 1.03. The Morgan fingerprint density at radius 2 is 1.06 bits per heavy atom. The van der Waals surface area contributed by atoms with Gasteiger partial charge in [0.25, 0.3) is 0 Å². The molecule has 0 saturated heterocycles. The Morgan fingerprint density at radius 3 is 1.90 bits per heavy atom. The van der Waals surface area contributed by atoms with Crippen molar-refractivity contribution in [3.8, 4) is 33.6 Å². The Kier molecular flexibility index (Phi) is 6.04. The summed E-state index contributed by atoms with van der Waals surface area (Å²) in [5, 5.41) is 6.44. The van der Waals surface area contributed by atoms with E-state index in [9.17, 15) is 0 Å². The number of para-hydroxylation sites is 1. The molecule has 0 N–H and O–H groups in total. The summed E-state index contributed by atoms with van der Waals surface area (Å²) in [6.07, 6.45) is 6.75. The molecule has 0 atom stereocenters. The van der Waals surface area contributed by atoms with E-state index in [2.05, 4.69) is 179 Å². The van der Waals surface area contributed by atoms with Gasteiger partial charge in [-0.3, -0.25) is 0 Å². The molecular formula is C46H32N2. The molecule has 2 nitrogen and oxygen atoms in total. The summed E-state index contributed by atoms with van der Waals surface area (Å²) in [5.74, 6) is 0. The van der Waals surface area contributed by atoms with E-state index in [1.165, 1.54) is 88.4 Å². The van der Waals surface area contributed by atoms with Crippen LogP contribution in [0.25, 0.3) is 83.2 Å². The molecule has 1 aliphatic rings. The summed E-state index contributed by atoms with van der Waals surface area (Å²) in [6.45, 7) is 0. The van der Waals surface area contributed by atoms with Crippen LogP contribution < -0.4 is 0 Å². The molecule has 0 saturated carbocycles. The molecule has 9 aromatic rings. The minimum Gasteiger partial charge on any atom is -0.313 e. The molecule has 0 bridgehead atoms. The smallest absolute Gasteiger partial charge is 0.0562 e. The van der Waals surface area contributed by atoms with Crippen LogP contribution in [0.1, 0.15) is 17.7 Å². The van der Waals surface area contributed by atoms with Crippen LogP contribution in [0.4, 0.5) is 0 Å². The van der Waals surface area contributed by atoms with Crippen molar-refractivity contribution >= 4 is 49.6 Å². The van der Waals surface area contributed by atoms with Gasteiger partial charge >= 0.3 is 0 Å². The third-order valence-corrected chi connectivity index (χ3v) is 10.2. The van der Waals surface area contributed by atoms with Crippen molar-refractivity contribution in [3.05, 3.63) is 175 Å². The Labute approximate surface area is 279 Å². The van der Waals surface area contributed by atoms with Gasteiger partial charge in [0.15, 0.2) is 0 Å². The molecule has 48 heavy (non-hydrogen) atoms. The number of nitrogens with zero attached hydrogens (tertiary/aromatic N) is 2. The van der Waals surface area contributed by atoms with Crippen molar-refractivity contribution in [1.82, 2.24) is 9.13 Å². The van der Waals surface area contributed by atoms with Gasteiger partial charge in [-0.1, -0.05) is 127 Å². The van der Waals surface area contributed by atoms with Crippen LogP contribution in [0.5, 0.6) is 0 Å². The number of rotatable bonds is 4. The summed E-state index contributed by atoms with van der Waals surface area (Å²) in [5.41, 5.74) is 13.8. The van der Waals surface area contributed by atoms with Gasteiger partial charge in [-0.25, -0.2) is 0 Å². The molecule has 7 aromatic carbocycles. The van der Waals surface area contributed by atoms with Crippen LogP contribution in [-0.2, 0) is 6.42 Å². The first-order valence-electron chi connectivity index (χ1n) is 16.8. The van der Waals surface area contributed by atoms with Crippen LogP contribution in [0.2, 0.25) is 0 Å². The molecule has 226 valence electrons. The highest BCUT2D eigenvalue weighted by Gasteiger charge is 2.22. The highest BCUT2D eigenvalue weighted by atomic mass is 15.0. The summed E-state index contributed by atoms with van der Waals surface area (Å²) < 4.78 is 4.95. The van der Waals surface area contributed by atoms with Crippen LogP contribution in [0.15, 0.2) is 164 Å². The minimum atomic E-state index is 1.03. The average molecular weight is 613 g/mol. The maximum atomic E-state index is 2.51. The Balaban J connectivity index is 1.18. The standard InChI is InChI=1S/C46H32N2/c1-2-11-31(12-3-1)32-21-25-35(26-22-32)47-43-19-8-6-16-39(43)41-29-42-40-17-7-9-20-44(40)48(46(42)30-45(41)47)36-27-23-34(24-28-36)38-18-10-14-33-13-4-5-15-37(33)38/h1-8,10-19,21-30H,9,20H2. The first-order chi connectivity index (χ1) is 23.8. The van der Waals surface area contributed by atoms with Crippen molar-refractivity contribution in [2.45, 2.75) is 12.8 Å². The van der Waals surface area contributed by atoms with Gasteiger partial charge in [-0.05, 0) is 88.3 Å². The quantitative estimate of drug-likeness (QED) is 0.187. The van der Waals surface area contributed by atoms with E-state index in [4.69, 9.17) is 0 Å². The fourth-order valence-electron chi connectivity index (χ4n) is 7.95. The van der Waals surface area contributed by atoms with Crippen LogP contribution in [0, 0.1) is 0 Å². The maximum Gasteiger partial charge on any atom is 0.0562 e. The predicted octanol–water partition coefficient (Wildman–Crippen LogP) is 12.2. The summed E-state index contributed by atoms with van der Waals surface area (Å²) in [6, 6.07) is 57.7. The monoisotopic (exact) mass is 612 g/mol. The van der Waals surface area contributed by atoms with Crippen molar-refractivity contribution < 1.29 is 0 Å². The molecule has 0 spiro atoms. The zero-order chi connectivity index (χ0) is 31.6. The van der Waals surface area contributed by atoms with E-state index in [0.29, 0.717) is 0 Å². The Hall–Kier alpha value is -6.12. The first kappa shape index (κ1) is 27.0. The molecule has 2 heterocycles. The number of allylic oxidation sites excluding steroid dienone is 1. The van der Waals surface area contributed by atoms with Crippen molar-refractivity contribution in [1.29, 1.82) is 0 Å². The first-order valence-corrected chi connectivity index (χ1v) is 16.8. The second-order valence-corrected chi connectivity index (χ2v) is 12.9. The fourth-order valence-corrected chi connectivity index (χ4v) is 7.95. The molecule has 2 heteroatoms. The van der Waals surface area contributed by atoms with Crippen LogP contribution in [0.3, 0.4) is 0 Å². The normalized spacial score (nSPS) is 12.8. The highest BCUT2D eigenvalue weighted by Crippen LogP contribution is 2.41. The molecule has 10 rings (SSSR count). The molecule has 0 aliphatic heterocycles. The van der Waals surface area contributed by atoms with Gasteiger partial charge in [0, 0.05) is 38.8 Å². The Bertz CT molecular complexity index is 2680. The second-order valence-electron chi connectivity index (χ2n) is 12.9. The number of benzene rings is 7. The van der Waals surface area contributed by atoms with Gasteiger partial charge < -0.3 is 9.13 Å². The van der Waals surface area contributed by atoms with E-state index in [-0.39, 0.29) is 0 Å². The van der Waals surface area contributed by atoms with Crippen molar-refractivity contribution in [3.63, 3.8) is 0 Å². The van der Waals surface area contributed by atoms with E-state index < -0.39 is 0 Å². The third-order valence-electron chi connectivity index (χ3n) is 10.2. The lowest BCUT2D eigenvalue weighted by Gasteiger charge is -2.15. The molecular weight excluding hydrogens is 581 g/mol. The zero-order valence-corrected chi connectivity index (χ0v) is 26.5. The lowest BCUT2D eigenvalue weighted by Crippen LogP contribution is -2.03. The molecule has 0 unspecified atom stereocenters. The van der Waals surface area contributed by atoms with E-state index in [1.54, 1.807) is 0 Å². The van der Waals surface area contributed by atoms with E-state index in [0.717, 1.165) is 12.8 Å². The topological polar surface area (TPSA) is 9.86 Å². The maximum absolute atomic E-state index is 2.51. The molecule has 0 fully saturated rings. The van der Waals surface area contributed by atoms with Crippen molar-refractivity contribution in [2.75, 3.05) is 0 Å². The summed E-state index contributed by atoms with van der Waals surface area (Å²) >= 11 is 0. The number of hydrogen-bond donors (Lipinski definition) is 0. The number of fused-ring (bicyclic) bond motifs is 7. The number of aromatic nitrogens is 2. The van der Waals surface area contributed by atoms with Crippen molar-refractivity contribution in [2.24, 2.45) is 0 Å². The SMILES string of the molecule is C1=Cc2c(n(-c3ccc(-c4cccc5ccccc45)cc3)c3cc4c(cc23)c2ccccc2n4-c2ccc(-c3ccccc3)cc2)CC1.